The van der Waals surface area contributed by atoms with Gasteiger partial charge in [0.05, 0.1) is 5.82 Å². The number of nitrogens with zero attached hydrogens (tertiary/aromatic N) is 3. The second-order valence-electron chi connectivity index (χ2n) is 12.6. The van der Waals surface area contributed by atoms with Gasteiger partial charge in [-0.3, -0.25) is 14.5 Å². The number of aromatic nitrogens is 2. The van der Waals surface area contributed by atoms with Gasteiger partial charge in [-0.05, 0) is 100 Å². The molecule has 2 aromatic heterocycles. The molecule has 0 bridgehead atoms. The molecule has 4 N–H and O–H groups in total. The number of rotatable bonds is 10. The second-order valence-corrected chi connectivity index (χ2v) is 12.6. The van der Waals surface area contributed by atoms with E-state index in [1.54, 1.807) is 0 Å². The van der Waals surface area contributed by atoms with Gasteiger partial charge in [0.15, 0.2) is 0 Å². The molecule has 1 saturated heterocycles. The molecule has 2 fully saturated rings. The van der Waals surface area contributed by atoms with E-state index in [0.717, 1.165) is 89.7 Å². The van der Waals surface area contributed by atoms with Crippen LogP contribution in [0.5, 0.6) is 0 Å². The summed E-state index contributed by atoms with van der Waals surface area (Å²) in [5, 5.41) is 4.00. The molecule has 1 saturated carbocycles. The molecule has 1 aliphatic heterocycles. The first-order chi connectivity index (χ1) is 20.6. The summed E-state index contributed by atoms with van der Waals surface area (Å²) in [6.07, 6.45) is 10.8. The van der Waals surface area contributed by atoms with Crippen LogP contribution in [0.1, 0.15) is 90.8 Å². The number of benzene rings is 1. The average Bonchev–Trinajstić information content (AvgIpc) is 3.77. The molecule has 0 unspecified atom stereocenters. The van der Waals surface area contributed by atoms with Crippen LogP contribution >= 0.6 is 0 Å². The Hall–Kier alpha value is -3.78. The number of H-pyrrole nitrogens is 1. The summed E-state index contributed by atoms with van der Waals surface area (Å²) in [7, 11) is 0. The highest BCUT2D eigenvalue weighted by molar-refractivity contribution is 6.09. The van der Waals surface area contributed by atoms with Crippen molar-refractivity contribution in [2.45, 2.75) is 85.9 Å². The number of nitrogens with two attached hydrogens (primary N) is 1. The van der Waals surface area contributed by atoms with E-state index in [2.05, 4.69) is 70.7 Å². The van der Waals surface area contributed by atoms with Crippen molar-refractivity contribution in [1.82, 2.24) is 24.7 Å². The molecule has 230 valence electrons. The summed E-state index contributed by atoms with van der Waals surface area (Å²) in [5.41, 5.74) is 13.6. The highest BCUT2D eigenvalue weighted by atomic mass is 16.1. The molecule has 8 nitrogen and oxygen atoms in total. The molecular weight excluding hydrogens is 536 g/mol. The van der Waals surface area contributed by atoms with Crippen LogP contribution in [0.15, 0.2) is 47.2 Å². The number of aromatic amines is 1. The molecule has 0 radical (unpaired) electrons. The van der Waals surface area contributed by atoms with Crippen LogP contribution in [0, 0.1) is 20.8 Å². The van der Waals surface area contributed by atoms with Crippen molar-refractivity contribution < 1.29 is 4.79 Å². The summed E-state index contributed by atoms with van der Waals surface area (Å²) in [5.74, 6) is 0.610. The van der Waals surface area contributed by atoms with Gasteiger partial charge in [0.2, 0.25) is 0 Å². The minimum atomic E-state index is -0.185. The maximum Gasteiger partial charge on any atom is 0.253 e. The minimum absolute atomic E-state index is 0.162. The van der Waals surface area contributed by atoms with Crippen LogP contribution in [0.2, 0.25) is 0 Å². The van der Waals surface area contributed by atoms with E-state index in [9.17, 15) is 9.59 Å². The van der Waals surface area contributed by atoms with Crippen LogP contribution in [0.4, 0.5) is 0 Å². The monoisotopic (exact) mass is 584 g/mol. The number of aryl methyl sites for hydroxylation is 3. The van der Waals surface area contributed by atoms with E-state index in [1.165, 1.54) is 12.8 Å². The molecule has 0 atom stereocenters. The van der Waals surface area contributed by atoms with Crippen molar-refractivity contribution in [3.63, 3.8) is 0 Å². The zero-order valence-corrected chi connectivity index (χ0v) is 26.7. The summed E-state index contributed by atoms with van der Waals surface area (Å²) in [6.45, 7) is 16.5. The molecule has 1 aromatic carbocycles. The fraction of sp³-hybridized carbons (Fsp3) is 0.486. The van der Waals surface area contributed by atoms with Gasteiger partial charge in [0.25, 0.3) is 11.5 Å². The number of allylic oxidation sites excluding steroid dienone is 3. The third kappa shape index (κ3) is 6.74. The molecule has 5 rings (SSSR count). The van der Waals surface area contributed by atoms with Crippen molar-refractivity contribution in [3.8, 4) is 0 Å². The van der Waals surface area contributed by atoms with Gasteiger partial charge in [0, 0.05) is 78.7 Å². The zero-order chi connectivity index (χ0) is 30.8. The maximum atomic E-state index is 13.8. The summed E-state index contributed by atoms with van der Waals surface area (Å²) in [4.78, 5) is 34.2. The molecule has 1 amide bonds. The van der Waals surface area contributed by atoms with Crippen LogP contribution in [-0.2, 0) is 6.54 Å². The number of piperazine rings is 1. The van der Waals surface area contributed by atoms with Gasteiger partial charge < -0.3 is 25.5 Å². The third-order valence-electron chi connectivity index (χ3n) is 8.93. The van der Waals surface area contributed by atoms with Crippen LogP contribution in [0.3, 0.4) is 0 Å². The van der Waals surface area contributed by atoms with Gasteiger partial charge in [0.1, 0.15) is 0 Å². The van der Waals surface area contributed by atoms with E-state index in [4.69, 9.17) is 5.73 Å². The minimum Gasteiger partial charge on any atom is -0.385 e. The van der Waals surface area contributed by atoms with Crippen LogP contribution < -0.4 is 16.6 Å². The lowest BCUT2D eigenvalue weighted by Crippen LogP contribution is -2.47. The fourth-order valence-electron chi connectivity index (χ4n) is 6.41. The Morgan fingerprint density at radius 3 is 2.42 bits per heavy atom. The number of pyridine rings is 1. The highest BCUT2D eigenvalue weighted by Gasteiger charge is 2.31. The van der Waals surface area contributed by atoms with Gasteiger partial charge >= 0.3 is 0 Å². The van der Waals surface area contributed by atoms with Crippen molar-refractivity contribution in [3.05, 3.63) is 86.2 Å². The highest BCUT2D eigenvalue weighted by Crippen LogP contribution is 2.33. The first-order valence-corrected chi connectivity index (χ1v) is 15.9. The van der Waals surface area contributed by atoms with Crippen LogP contribution in [-0.4, -0.2) is 57.5 Å². The van der Waals surface area contributed by atoms with E-state index in [0.29, 0.717) is 11.1 Å². The van der Waals surface area contributed by atoms with Gasteiger partial charge in [-0.15, -0.1) is 0 Å². The molecular formula is C35H48N6O2. The standard InChI is InChI=1S/C35H48N6O2/c1-7-8-26(9-12-32(36)40-15-13-39(14-16-40)28-10-11-28)27-18-29(33-24(5)21-41(22(2)3)31(33)19-27)34(42)37-20-30-23(4)17-25(6)38-35(30)43/h9,12,17-19,21-22,28H,7-8,10-11,13-16,20,36H2,1-6H3,(H,37,42)(H,38,43)/b26-9+,32-12+. The number of nitrogens with one attached hydrogen (secondary N) is 2. The van der Waals surface area contributed by atoms with Crippen molar-refractivity contribution in [2.24, 2.45) is 5.73 Å². The van der Waals surface area contributed by atoms with Crippen molar-refractivity contribution in [1.29, 1.82) is 0 Å². The number of amides is 1. The Bertz CT molecular complexity index is 1610. The summed E-state index contributed by atoms with van der Waals surface area (Å²) in [6, 6.07) is 7.19. The summed E-state index contributed by atoms with van der Waals surface area (Å²) >= 11 is 0. The number of hydrogen-bond acceptors (Lipinski definition) is 5. The normalized spacial score (nSPS) is 16.9. The Morgan fingerprint density at radius 1 is 1.07 bits per heavy atom. The number of fused-ring (bicyclic) bond motifs is 1. The molecule has 3 heterocycles. The quantitative estimate of drug-likeness (QED) is 0.272. The second kappa shape index (κ2) is 12.8. The molecule has 43 heavy (non-hydrogen) atoms. The van der Waals surface area contributed by atoms with E-state index < -0.39 is 0 Å². The lowest BCUT2D eigenvalue weighted by molar-refractivity contribution is 0.0952. The largest absolute Gasteiger partial charge is 0.385 e. The topological polar surface area (TPSA) is 99.4 Å². The SMILES string of the molecule is CCC/C(=C\C=C(/N)N1CCN(C2CC2)CC1)c1cc(C(=O)NCc2c(C)cc(C)[nH]c2=O)c2c(C)cn(C(C)C)c2c1. The smallest absolute Gasteiger partial charge is 0.253 e. The van der Waals surface area contributed by atoms with E-state index in [1.807, 2.05) is 32.1 Å². The third-order valence-corrected chi connectivity index (χ3v) is 8.93. The maximum absolute atomic E-state index is 13.8. The molecule has 3 aromatic rings. The van der Waals surface area contributed by atoms with Gasteiger partial charge in [-0.2, -0.15) is 0 Å². The Morgan fingerprint density at radius 2 is 1.79 bits per heavy atom. The molecule has 2 aliphatic rings. The number of carbonyl (C=O) groups is 1. The Kier molecular flexibility index (Phi) is 9.16. The van der Waals surface area contributed by atoms with E-state index >= 15 is 0 Å². The van der Waals surface area contributed by atoms with Gasteiger partial charge in [-0.25, -0.2) is 0 Å². The van der Waals surface area contributed by atoms with Gasteiger partial charge in [-0.1, -0.05) is 19.4 Å². The van der Waals surface area contributed by atoms with Crippen molar-refractivity contribution in [2.75, 3.05) is 26.2 Å². The number of hydrogen-bond donors (Lipinski definition) is 3. The Labute approximate surface area is 255 Å². The molecule has 8 heteroatoms. The first-order valence-electron chi connectivity index (χ1n) is 15.9. The molecule has 1 aliphatic carbocycles. The number of carbonyl (C=O) groups excluding carboxylic acids is 1. The van der Waals surface area contributed by atoms with Crippen molar-refractivity contribution >= 4 is 22.4 Å². The van der Waals surface area contributed by atoms with E-state index in [-0.39, 0.29) is 24.1 Å². The average molecular weight is 585 g/mol. The predicted octanol–water partition coefficient (Wildman–Crippen LogP) is 5.53. The van der Waals surface area contributed by atoms with Crippen LogP contribution in [0.25, 0.3) is 16.5 Å². The predicted molar refractivity (Wildman–Crippen MR) is 176 cm³/mol. The zero-order valence-electron chi connectivity index (χ0n) is 26.7. The Balaban J connectivity index is 1.48. The fourth-order valence-corrected chi connectivity index (χ4v) is 6.41. The summed E-state index contributed by atoms with van der Waals surface area (Å²) < 4.78 is 2.24. The first kappa shape index (κ1) is 30.7. The lowest BCUT2D eigenvalue weighted by Gasteiger charge is -2.36. The lowest BCUT2D eigenvalue weighted by atomic mass is 9.95. The molecule has 0 spiro atoms.